The van der Waals surface area contributed by atoms with Crippen LogP contribution in [0, 0.1) is 0 Å². The number of esters is 3. The maximum absolute atomic E-state index is 12.3. The molecule has 0 saturated carbocycles. The van der Waals surface area contributed by atoms with E-state index in [1.807, 2.05) is 12.2 Å². The normalized spacial score (nSPS) is 11.5. The molecule has 0 N–H and O–H groups in total. The Morgan fingerprint density at radius 1 is 0.535 bits per heavy atom. The van der Waals surface area contributed by atoms with Gasteiger partial charge in [0.2, 0.25) is 0 Å². The summed E-state index contributed by atoms with van der Waals surface area (Å²) >= 11 is 0. The van der Waals surface area contributed by atoms with Gasteiger partial charge in [-0.15, -0.1) is 0 Å². The second kappa shape index (κ2) is 32.8. The second-order valence-electron chi connectivity index (χ2n) is 11.4. The number of allylic oxidation sites excluding steroid dienone is 2. The monoisotopic (exact) mass is 608 g/mol. The number of ether oxygens (including phenoxy) is 4. The highest BCUT2D eigenvalue weighted by molar-refractivity contribution is 5.70. The maximum Gasteiger partial charge on any atom is 0.306 e. The lowest BCUT2D eigenvalue weighted by molar-refractivity contribution is -0.150. The molecule has 7 heteroatoms. The Bertz CT molecular complexity index is 668. The number of carbonyl (C=O) groups is 3. The van der Waals surface area contributed by atoms with Crippen LogP contribution in [0.4, 0.5) is 0 Å². The Morgan fingerprint density at radius 2 is 0.977 bits per heavy atom. The number of carbonyl (C=O) groups excluding carboxylic acids is 3. The zero-order valence-electron chi connectivity index (χ0n) is 27.9. The quantitative estimate of drug-likeness (QED) is 0.0335. The first-order valence-electron chi connectivity index (χ1n) is 17.3. The van der Waals surface area contributed by atoms with Gasteiger partial charge in [0.15, 0.2) is 0 Å². The van der Waals surface area contributed by atoms with E-state index >= 15 is 0 Å². The molecule has 0 aromatic rings. The van der Waals surface area contributed by atoms with E-state index in [0.29, 0.717) is 45.5 Å². The summed E-state index contributed by atoms with van der Waals surface area (Å²) in [6.45, 7) is 5.64. The molecule has 0 amide bonds. The van der Waals surface area contributed by atoms with Gasteiger partial charge < -0.3 is 18.9 Å². The third-order valence-electron chi connectivity index (χ3n) is 7.30. The van der Waals surface area contributed by atoms with E-state index in [-0.39, 0.29) is 24.0 Å². The summed E-state index contributed by atoms with van der Waals surface area (Å²) in [6.07, 6.45) is 28.5. The van der Waals surface area contributed by atoms with Crippen molar-refractivity contribution in [2.24, 2.45) is 0 Å². The standard InChI is InChI=1S/C36H64O7/c1-4-6-8-16-22-31-41-34(37)27-20-14-10-12-18-25-33(43-36(39)29-24-30-40-3)26-19-13-11-15-21-28-35(38)42-32-23-17-9-7-5-2/h16-17,22-23,33H,4-15,18-21,24-32H2,1-3H3/b22-16+,23-17+. The van der Waals surface area contributed by atoms with E-state index in [1.165, 1.54) is 25.7 Å². The molecule has 0 radical (unpaired) electrons. The van der Waals surface area contributed by atoms with E-state index in [0.717, 1.165) is 89.9 Å². The fourth-order valence-electron chi connectivity index (χ4n) is 4.65. The van der Waals surface area contributed by atoms with Crippen LogP contribution >= 0.6 is 0 Å². The first-order valence-corrected chi connectivity index (χ1v) is 17.3. The minimum Gasteiger partial charge on any atom is -0.462 e. The third kappa shape index (κ3) is 31.1. The van der Waals surface area contributed by atoms with Gasteiger partial charge in [-0.25, -0.2) is 0 Å². The lowest BCUT2D eigenvalue weighted by atomic mass is 10.0. The first kappa shape index (κ1) is 40.9. The van der Waals surface area contributed by atoms with Crippen molar-refractivity contribution in [3.05, 3.63) is 24.3 Å². The molecule has 0 aliphatic carbocycles. The van der Waals surface area contributed by atoms with Gasteiger partial charge in [-0.3, -0.25) is 14.4 Å². The lowest BCUT2D eigenvalue weighted by Crippen LogP contribution is -2.18. The average molecular weight is 609 g/mol. The van der Waals surface area contributed by atoms with Gasteiger partial charge in [0.05, 0.1) is 0 Å². The molecule has 0 rings (SSSR count). The Kier molecular flexibility index (Phi) is 31.1. The summed E-state index contributed by atoms with van der Waals surface area (Å²) < 4.78 is 21.4. The molecule has 0 aromatic heterocycles. The number of unbranched alkanes of at least 4 members (excludes halogenated alkanes) is 12. The van der Waals surface area contributed by atoms with Crippen molar-refractivity contribution < 1.29 is 33.3 Å². The third-order valence-corrected chi connectivity index (χ3v) is 7.30. The number of hydrogen-bond acceptors (Lipinski definition) is 7. The van der Waals surface area contributed by atoms with Crippen LogP contribution < -0.4 is 0 Å². The van der Waals surface area contributed by atoms with Crippen LogP contribution in [0.3, 0.4) is 0 Å². The predicted molar refractivity (Wildman–Crippen MR) is 175 cm³/mol. The van der Waals surface area contributed by atoms with Gasteiger partial charge >= 0.3 is 17.9 Å². The topological polar surface area (TPSA) is 88.1 Å². The van der Waals surface area contributed by atoms with E-state index in [1.54, 1.807) is 7.11 Å². The summed E-state index contributed by atoms with van der Waals surface area (Å²) in [6, 6.07) is 0. The van der Waals surface area contributed by atoms with Gasteiger partial charge in [0, 0.05) is 33.0 Å². The van der Waals surface area contributed by atoms with Gasteiger partial charge in [-0.05, 0) is 57.8 Å². The van der Waals surface area contributed by atoms with E-state index in [4.69, 9.17) is 18.9 Å². The molecule has 0 atom stereocenters. The largest absolute Gasteiger partial charge is 0.462 e. The van der Waals surface area contributed by atoms with Crippen LogP contribution in [0.25, 0.3) is 0 Å². The number of hydrogen-bond donors (Lipinski definition) is 0. The van der Waals surface area contributed by atoms with Crippen LogP contribution in [0.1, 0.15) is 155 Å². The average Bonchev–Trinajstić information content (AvgIpc) is 2.99. The highest BCUT2D eigenvalue weighted by atomic mass is 16.5. The van der Waals surface area contributed by atoms with Crippen molar-refractivity contribution >= 4 is 17.9 Å². The Labute approximate surface area is 263 Å². The molecule has 0 aliphatic rings. The van der Waals surface area contributed by atoms with Crippen LogP contribution in [-0.4, -0.2) is 50.9 Å². The molecule has 0 saturated heterocycles. The molecule has 0 unspecified atom stereocenters. The minimum absolute atomic E-state index is 0.0456. The second-order valence-corrected chi connectivity index (χ2v) is 11.4. The molecular weight excluding hydrogens is 544 g/mol. The highest BCUT2D eigenvalue weighted by Crippen LogP contribution is 2.18. The van der Waals surface area contributed by atoms with Gasteiger partial charge in [0.25, 0.3) is 0 Å². The fourth-order valence-corrected chi connectivity index (χ4v) is 4.65. The van der Waals surface area contributed by atoms with Crippen molar-refractivity contribution in [1.82, 2.24) is 0 Å². The molecule has 0 fully saturated rings. The summed E-state index contributed by atoms with van der Waals surface area (Å²) in [5.41, 5.74) is 0. The molecule has 0 bridgehead atoms. The fraction of sp³-hybridized carbons (Fsp3) is 0.806. The van der Waals surface area contributed by atoms with Crippen molar-refractivity contribution in [3.63, 3.8) is 0 Å². The Balaban J connectivity index is 4.07. The lowest BCUT2D eigenvalue weighted by Gasteiger charge is -2.18. The van der Waals surface area contributed by atoms with Crippen molar-refractivity contribution in [3.8, 4) is 0 Å². The van der Waals surface area contributed by atoms with Crippen molar-refractivity contribution in [1.29, 1.82) is 0 Å². The summed E-state index contributed by atoms with van der Waals surface area (Å²) in [5.74, 6) is -0.378. The Morgan fingerprint density at radius 3 is 1.44 bits per heavy atom. The minimum atomic E-state index is -0.139. The SMILES string of the molecule is CCCC/C=C/COC(=O)CCCCCCCC(CCCCCCCC(=O)OC/C=C/CCCC)OC(=O)CCCOC. The molecule has 7 nitrogen and oxygen atoms in total. The van der Waals surface area contributed by atoms with Gasteiger partial charge in [-0.2, -0.15) is 0 Å². The predicted octanol–water partition coefficient (Wildman–Crippen LogP) is 9.37. The summed E-state index contributed by atoms with van der Waals surface area (Å²) in [4.78, 5) is 36.0. The highest BCUT2D eigenvalue weighted by Gasteiger charge is 2.14. The molecule has 250 valence electrons. The van der Waals surface area contributed by atoms with Crippen LogP contribution in [-0.2, 0) is 33.3 Å². The van der Waals surface area contributed by atoms with Crippen LogP contribution in [0.2, 0.25) is 0 Å². The molecule has 0 heterocycles. The summed E-state index contributed by atoms with van der Waals surface area (Å²) in [5, 5.41) is 0. The van der Waals surface area contributed by atoms with Gasteiger partial charge in [-0.1, -0.05) is 102 Å². The van der Waals surface area contributed by atoms with E-state index < -0.39 is 0 Å². The van der Waals surface area contributed by atoms with Gasteiger partial charge in [0.1, 0.15) is 19.3 Å². The molecule has 0 spiro atoms. The first-order chi connectivity index (χ1) is 21.0. The molecule has 0 aromatic carbocycles. The number of methoxy groups -OCH3 is 1. The van der Waals surface area contributed by atoms with E-state index in [9.17, 15) is 14.4 Å². The van der Waals surface area contributed by atoms with Crippen LogP contribution in [0.5, 0.6) is 0 Å². The van der Waals surface area contributed by atoms with Crippen molar-refractivity contribution in [2.75, 3.05) is 26.9 Å². The van der Waals surface area contributed by atoms with Crippen LogP contribution in [0.15, 0.2) is 24.3 Å². The zero-order valence-corrected chi connectivity index (χ0v) is 27.9. The molecular formula is C36H64O7. The van der Waals surface area contributed by atoms with E-state index in [2.05, 4.69) is 26.0 Å². The maximum atomic E-state index is 12.3. The molecule has 43 heavy (non-hydrogen) atoms. The smallest absolute Gasteiger partial charge is 0.306 e. The zero-order chi connectivity index (χ0) is 31.6. The Hall–Kier alpha value is -2.15. The number of rotatable bonds is 31. The van der Waals surface area contributed by atoms with Crippen molar-refractivity contribution in [2.45, 2.75) is 161 Å². The summed E-state index contributed by atoms with van der Waals surface area (Å²) in [7, 11) is 1.64. The molecule has 0 aliphatic heterocycles.